The molecule has 0 unspecified atom stereocenters. The van der Waals surface area contributed by atoms with E-state index in [1.807, 2.05) is 12.1 Å². The Morgan fingerprint density at radius 3 is 2.48 bits per heavy atom. The number of carbonyl (C=O) groups excluding carboxylic acids is 2. The van der Waals surface area contributed by atoms with Crippen LogP contribution in [0.5, 0.6) is 0 Å². The van der Waals surface area contributed by atoms with Gasteiger partial charge in [0.15, 0.2) is 0 Å². The average molecular weight is 333 g/mol. The lowest BCUT2D eigenvalue weighted by Crippen LogP contribution is -2.35. The highest BCUT2D eigenvalue weighted by molar-refractivity contribution is 6.30. The van der Waals surface area contributed by atoms with Crippen molar-refractivity contribution >= 4 is 23.4 Å². The van der Waals surface area contributed by atoms with E-state index in [4.69, 9.17) is 11.6 Å². The fourth-order valence-corrected chi connectivity index (χ4v) is 2.01. The smallest absolute Gasteiger partial charge is 0.271 e. The van der Waals surface area contributed by atoms with Crippen molar-refractivity contribution in [2.75, 3.05) is 13.1 Å². The summed E-state index contributed by atoms with van der Waals surface area (Å²) in [6.45, 7) is 0.702. The number of aromatic nitrogens is 2. The van der Waals surface area contributed by atoms with Gasteiger partial charge >= 0.3 is 0 Å². The zero-order chi connectivity index (χ0) is 16.5. The van der Waals surface area contributed by atoms with Gasteiger partial charge in [-0.15, -0.1) is 0 Å². The number of hydrogen-bond acceptors (Lipinski definition) is 4. The molecule has 2 aromatic rings. The molecule has 2 amide bonds. The number of nitrogens with one attached hydrogen (secondary N) is 2. The van der Waals surface area contributed by atoms with Crippen LogP contribution < -0.4 is 10.6 Å². The molecule has 1 heterocycles. The second-order valence-corrected chi connectivity index (χ2v) is 5.26. The summed E-state index contributed by atoms with van der Waals surface area (Å²) in [6.07, 6.45) is 5.37. The third kappa shape index (κ3) is 6.04. The van der Waals surface area contributed by atoms with E-state index in [1.54, 1.807) is 12.1 Å². The van der Waals surface area contributed by atoms with E-state index in [2.05, 4.69) is 20.6 Å². The van der Waals surface area contributed by atoms with Crippen LogP contribution in [0.3, 0.4) is 0 Å². The predicted octanol–water partition coefficient (Wildman–Crippen LogP) is 1.61. The second kappa shape index (κ2) is 8.85. The van der Waals surface area contributed by atoms with Crippen molar-refractivity contribution in [3.8, 4) is 0 Å². The summed E-state index contributed by atoms with van der Waals surface area (Å²) < 4.78 is 0. The highest BCUT2D eigenvalue weighted by Gasteiger charge is 2.06. The molecule has 0 saturated carbocycles. The normalized spacial score (nSPS) is 10.1. The Kier molecular flexibility index (Phi) is 6.50. The van der Waals surface area contributed by atoms with E-state index < -0.39 is 0 Å². The molecule has 0 saturated heterocycles. The molecular formula is C16H17ClN4O2. The number of aryl methyl sites for hydroxylation is 1. The maximum Gasteiger partial charge on any atom is 0.271 e. The van der Waals surface area contributed by atoms with Crippen LogP contribution in [0.2, 0.25) is 5.02 Å². The third-order valence-electron chi connectivity index (χ3n) is 3.08. The Labute approximate surface area is 139 Å². The summed E-state index contributed by atoms with van der Waals surface area (Å²) in [7, 11) is 0. The fraction of sp³-hybridized carbons (Fsp3) is 0.250. The van der Waals surface area contributed by atoms with Gasteiger partial charge in [0, 0.05) is 36.9 Å². The minimum absolute atomic E-state index is 0.0614. The van der Waals surface area contributed by atoms with Gasteiger partial charge in [-0.25, -0.2) is 4.98 Å². The topological polar surface area (TPSA) is 84.0 Å². The van der Waals surface area contributed by atoms with Gasteiger partial charge in [-0.3, -0.25) is 14.6 Å². The average Bonchev–Trinajstić information content (AvgIpc) is 2.59. The van der Waals surface area contributed by atoms with E-state index in [-0.39, 0.29) is 17.5 Å². The van der Waals surface area contributed by atoms with Crippen molar-refractivity contribution in [3.63, 3.8) is 0 Å². The fourth-order valence-electron chi connectivity index (χ4n) is 1.88. The molecule has 1 aromatic heterocycles. The van der Waals surface area contributed by atoms with E-state index in [1.165, 1.54) is 18.6 Å². The number of nitrogens with zero attached hydrogens (tertiary/aromatic N) is 2. The van der Waals surface area contributed by atoms with Crippen LogP contribution in [0, 0.1) is 0 Å². The molecule has 2 N–H and O–H groups in total. The zero-order valence-corrected chi connectivity index (χ0v) is 13.2. The molecule has 0 aliphatic rings. The Bertz CT molecular complexity index is 647. The van der Waals surface area contributed by atoms with Gasteiger partial charge in [-0.2, -0.15) is 0 Å². The summed E-state index contributed by atoms with van der Waals surface area (Å²) in [6, 6.07) is 7.40. The number of halogens is 1. The molecular weight excluding hydrogens is 316 g/mol. The number of amides is 2. The van der Waals surface area contributed by atoms with Crippen LogP contribution in [0.4, 0.5) is 0 Å². The van der Waals surface area contributed by atoms with Crippen LogP contribution in [-0.4, -0.2) is 34.9 Å². The largest absolute Gasteiger partial charge is 0.354 e. The van der Waals surface area contributed by atoms with Crippen molar-refractivity contribution in [2.45, 2.75) is 12.8 Å². The third-order valence-corrected chi connectivity index (χ3v) is 3.33. The first-order valence-corrected chi connectivity index (χ1v) is 7.58. The standard InChI is InChI=1S/C16H17ClN4O2/c17-13-4-1-12(2-5-13)3-6-15(22)20-9-10-21-16(23)14-11-18-7-8-19-14/h1-2,4-5,7-8,11H,3,6,9-10H2,(H,20,22)(H,21,23). The number of rotatable bonds is 7. The SMILES string of the molecule is O=C(CCc1ccc(Cl)cc1)NCCNC(=O)c1cnccn1. The quantitative estimate of drug-likeness (QED) is 0.754. The first-order valence-electron chi connectivity index (χ1n) is 7.20. The van der Waals surface area contributed by atoms with Gasteiger partial charge in [0.25, 0.3) is 5.91 Å². The van der Waals surface area contributed by atoms with Crippen molar-refractivity contribution in [3.05, 3.63) is 59.1 Å². The molecule has 0 aliphatic heterocycles. The van der Waals surface area contributed by atoms with Crippen molar-refractivity contribution in [1.29, 1.82) is 0 Å². The van der Waals surface area contributed by atoms with Gasteiger partial charge in [0.05, 0.1) is 6.20 Å². The molecule has 7 heteroatoms. The first-order chi connectivity index (χ1) is 11.1. The Morgan fingerprint density at radius 1 is 1.04 bits per heavy atom. The zero-order valence-electron chi connectivity index (χ0n) is 12.5. The number of benzene rings is 1. The molecule has 0 aliphatic carbocycles. The molecule has 0 bridgehead atoms. The highest BCUT2D eigenvalue weighted by atomic mass is 35.5. The molecule has 0 fully saturated rings. The van der Waals surface area contributed by atoms with Gasteiger partial charge in [-0.05, 0) is 24.1 Å². The van der Waals surface area contributed by atoms with Crippen LogP contribution in [0.25, 0.3) is 0 Å². The molecule has 0 radical (unpaired) electrons. The van der Waals surface area contributed by atoms with E-state index >= 15 is 0 Å². The van der Waals surface area contributed by atoms with Crippen LogP contribution in [-0.2, 0) is 11.2 Å². The molecule has 1 aromatic carbocycles. The van der Waals surface area contributed by atoms with E-state index in [0.29, 0.717) is 31.0 Å². The Balaban J connectivity index is 1.61. The Morgan fingerprint density at radius 2 is 1.78 bits per heavy atom. The van der Waals surface area contributed by atoms with Crippen LogP contribution >= 0.6 is 11.6 Å². The summed E-state index contributed by atoms with van der Waals surface area (Å²) in [5.41, 5.74) is 1.31. The maximum atomic E-state index is 11.7. The first kappa shape index (κ1) is 16.9. The summed E-state index contributed by atoms with van der Waals surface area (Å²) >= 11 is 5.81. The van der Waals surface area contributed by atoms with Crippen molar-refractivity contribution in [2.24, 2.45) is 0 Å². The summed E-state index contributed by atoms with van der Waals surface area (Å²) in [5.74, 6) is -0.373. The van der Waals surface area contributed by atoms with Gasteiger partial charge in [-0.1, -0.05) is 23.7 Å². The lowest BCUT2D eigenvalue weighted by molar-refractivity contribution is -0.121. The predicted molar refractivity (Wildman–Crippen MR) is 87.1 cm³/mol. The Hall–Kier alpha value is -2.47. The maximum absolute atomic E-state index is 11.7. The summed E-state index contributed by atoms with van der Waals surface area (Å²) in [4.78, 5) is 31.1. The molecule has 23 heavy (non-hydrogen) atoms. The van der Waals surface area contributed by atoms with Crippen LogP contribution in [0.1, 0.15) is 22.5 Å². The lowest BCUT2D eigenvalue weighted by Gasteiger charge is -2.07. The van der Waals surface area contributed by atoms with Crippen molar-refractivity contribution < 1.29 is 9.59 Å². The van der Waals surface area contributed by atoms with Crippen molar-refractivity contribution in [1.82, 2.24) is 20.6 Å². The summed E-state index contributed by atoms with van der Waals surface area (Å²) in [5, 5.41) is 6.10. The van der Waals surface area contributed by atoms with E-state index in [0.717, 1.165) is 5.56 Å². The number of hydrogen-bond donors (Lipinski definition) is 2. The van der Waals surface area contributed by atoms with Gasteiger partial charge in [0.2, 0.25) is 5.91 Å². The molecule has 0 atom stereocenters. The minimum Gasteiger partial charge on any atom is -0.354 e. The lowest BCUT2D eigenvalue weighted by atomic mass is 10.1. The number of carbonyl (C=O) groups is 2. The van der Waals surface area contributed by atoms with Crippen LogP contribution in [0.15, 0.2) is 42.9 Å². The second-order valence-electron chi connectivity index (χ2n) is 4.82. The molecule has 2 rings (SSSR count). The monoisotopic (exact) mass is 332 g/mol. The highest BCUT2D eigenvalue weighted by Crippen LogP contribution is 2.10. The molecule has 120 valence electrons. The molecule has 0 spiro atoms. The molecule has 6 nitrogen and oxygen atoms in total. The van der Waals surface area contributed by atoms with E-state index in [9.17, 15) is 9.59 Å². The minimum atomic E-state index is -0.312. The van der Waals surface area contributed by atoms with Gasteiger partial charge in [0.1, 0.15) is 5.69 Å². The van der Waals surface area contributed by atoms with Gasteiger partial charge < -0.3 is 10.6 Å².